The van der Waals surface area contributed by atoms with Crippen molar-refractivity contribution in [2.45, 2.75) is 0 Å². The number of benzene rings is 1. The van der Waals surface area contributed by atoms with Crippen LogP contribution in [0, 0.1) is 0 Å². The second-order valence-electron chi connectivity index (χ2n) is 2.73. The van der Waals surface area contributed by atoms with Gasteiger partial charge >= 0.3 is 11.9 Å². The quantitative estimate of drug-likeness (QED) is 0.801. The zero-order valence-electron chi connectivity index (χ0n) is 8.08. The molecule has 1 aromatic rings. The van der Waals surface area contributed by atoms with Crippen LogP contribution in [-0.2, 0) is 9.59 Å². The summed E-state index contributed by atoms with van der Waals surface area (Å²) in [5.74, 6) is -2.66. The number of anilines is 1. The number of hydrogen-bond acceptors (Lipinski definition) is 3. The van der Waals surface area contributed by atoms with E-state index in [0.717, 1.165) is 0 Å². The third-order valence-electron chi connectivity index (χ3n) is 1.65. The number of carbonyl (C=O) groups is 2. The third-order valence-corrected chi connectivity index (χ3v) is 2.15. The summed E-state index contributed by atoms with van der Waals surface area (Å²) in [5.41, 5.74) is 0.104. The SMILES string of the molecule is COc1c(Cl)cc(Cl)cc1NC(=O)C(=O)O. The van der Waals surface area contributed by atoms with Crippen molar-refractivity contribution in [1.29, 1.82) is 0 Å². The number of carboxylic acid groups (broad SMARTS) is 1. The molecule has 0 heterocycles. The molecule has 0 aromatic heterocycles. The lowest BCUT2D eigenvalue weighted by molar-refractivity contribution is -0.147. The van der Waals surface area contributed by atoms with E-state index >= 15 is 0 Å². The molecule has 2 N–H and O–H groups in total. The summed E-state index contributed by atoms with van der Waals surface area (Å²) in [6.07, 6.45) is 0. The first-order valence-electron chi connectivity index (χ1n) is 4.03. The van der Waals surface area contributed by atoms with Crippen molar-refractivity contribution < 1.29 is 19.4 Å². The second kappa shape index (κ2) is 5.05. The van der Waals surface area contributed by atoms with Crippen molar-refractivity contribution in [2.75, 3.05) is 12.4 Å². The molecule has 0 radical (unpaired) electrons. The number of halogens is 2. The van der Waals surface area contributed by atoms with E-state index < -0.39 is 11.9 Å². The van der Waals surface area contributed by atoms with E-state index in [4.69, 9.17) is 33.0 Å². The van der Waals surface area contributed by atoms with Gasteiger partial charge in [0.15, 0.2) is 5.75 Å². The minimum Gasteiger partial charge on any atom is -0.493 e. The number of carbonyl (C=O) groups excluding carboxylic acids is 1. The van der Waals surface area contributed by atoms with Crippen LogP contribution in [0.5, 0.6) is 5.75 Å². The lowest BCUT2D eigenvalue weighted by Crippen LogP contribution is -2.22. The fraction of sp³-hybridized carbons (Fsp3) is 0.111. The largest absolute Gasteiger partial charge is 0.493 e. The fourth-order valence-corrected chi connectivity index (χ4v) is 1.61. The molecule has 5 nitrogen and oxygen atoms in total. The highest BCUT2D eigenvalue weighted by molar-refractivity contribution is 6.39. The molecule has 86 valence electrons. The third kappa shape index (κ3) is 2.77. The van der Waals surface area contributed by atoms with Gasteiger partial charge in [-0.15, -0.1) is 0 Å². The number of ether oxygens (including phenoxy) is 1. The zero-order chi connectivity index (χ0) is 12.3. The predicted octanol–water partition coefficient (Wildman–Crippen LogP) is 2.03. The number of aliphatic carboxylic acids is 1. The molecule has 0 atom stereocenters. The number of amides is 1. The van der Waals surface area contributed by atoms with E-state index in [0.29, 0.717) is 0 Å². The Morgan fingerprint density at radius 1 is 1.38 bits per heavy atom. The highest BCUT2D eigenvalue weighted by Gasteiger charge is 2.16. The first kappa shape index (κ1) is 12.6. The molecular weight excluding hydrogens is 257 g/mol. The van der Waals surface area contributed by atoms with Crippen molar-refractivity contribution in [3.8, 4) is 5.75 Å². The average Bonchev–Trinajstić information content (AvgIpc) is 2.16. The predicted molar refractivity (Wildman–Crippen MR) is 59.3 cm³/mol. The normalized spacial score (nSPS) is 9.69. The molecule has 1 rings (SSSR count). The summed E-state index contributed by atoms with van der Waals surface area (Å²) < 4.78 is 4.91. The summed E-state index contributed by atoms with van der Waals surface area (Å²) in [4.78, 5) is 21.3. The number of rotatable bonds is 2. The van der Waals surface area contributed by atoms with Gasteiger partial charge < -0.3 is 15.2 Å². The van der Waals surface area contributed by atoms with Crippen molar-refractivity contribution >= 4 is 40.8 Å². The Balaban J connectivity index is 3.12. The smallest absolute Gasteiger partial charge is 0.394 e. The van der Waals surface area contributed by atoms with Gasteiger partial charge in [-0.2, -0.15) is 0 Å². The van der Waals surface area contributed by atoms with Gasteiger partial charge in [-0.25, -0.2) is 4.79 Å². The van der Waals surface area contributed by atoms with Gasteiger partial charge in [-0.05, 0) is 12.1 Å². The molecular formula is C9H7Cl2NO4. The van der Waals surface area contributed by atoms with Crippen LogP contribution in [0.3, 0.4) is 0 Å². The highest BCUT2D eigenvalue weighted by Crippen LogP contribution is 2.35. The maximum absolute atomic E-state index is 11.0. The van der Waals surface area contributed by atoms with Gasteiger partial charge in [0.2, 0.25) is 0 Å². The van der Waals surface area contributed by atoms with E-state index in [2.05, 4.69) is 5.32 Å². The van der Waals surface area contributed by atoms with E-state index in [9.17, 15) is 9.59 Å². The Morgan fingerprint density at radius 2 is 2.00 bits per heavy atom. The molecule has 0 saturated carbocycles. The fourth-order valence-electron chi connectivity index (χ4n) is 1.04. The molecule has 0 aliphatic carbocycles. The number of nitrogens with one attached hydrogen (secondary N) is 1. The molecule has 0 saturated heterocycles. The molecule has 0 aliphatic rings. The molecule has 0 unspecified atom stereocenters. The molecule has 0 aliphatic heterocycles. The lowest BCUT2D eigenvalue weighted by Gasteiger charge is -2.10. The molecule has 16 heavy (non-hydrogen) atoms. The molecule has 1 aromatic carbocycles. The van der Waals surface area contributed by atoms with Crippen LogP contribution in [0.1, 0.15) is 0 Å². The van der Waals surface area contributed by atoms with Crippen LogP contribution in [0.25, 0.3) is 0 Å². The van der Waals surface area contributed by atoms with Crippen LogP contribution in [0.4, 0.5) is 5.69 Å². The number of hydrogen-bond donors (Lipinski definition) is 2. The van der Waals surface area contributed by atoms with Crippen molar-refractivity contribution in [2.24, 2.45) is 0 Å². The molecule has 0 fully saturated rings. The summed E-state index contributed by atoms with van der Waals surface area (Å²) in [5, 5.41) is 11.0. The molecule has 0 bridgehead atoms. The monoisotopic (exact) mass is 263 g/mol. The lowest BCUT2D eigenvalue weighted by atomic mass is 10.3. The van der Waals surface area contributed by atoms with E-state index in [1.54, 1.807) is 0 Å². The first-order valence-corrected chi connectivity index (χ1v) is 4.78. The summed E-state index contributed by atoms with van der Waals surface area (Å²) in [7, 11) is 1.34. The van der Waals surface area contributed by atoms with E-state index in [1.165, 1.54) is 19.2 Å². The maximum atomic E-state index is 11.0. The Hall–Kier alpha value is -1.46. The van der Waals surface area contributed by atoms with Crippen LogP contribution in [0.2, 0.25) is 10.0 Å². The van der Waals surface area contributed by atoms with Crippen LogP contribution in [0.15, 0.2) is 12.1 Å². The molecule has 1 amide bonds. The van der Waals surface area contributed by atoms with Crippen molar-refractivity contribution in [3.05, 3.63) is 22.2 Å². The summed E-state index contributed by atoms with van der Waals surface area (Å²) in [6.45, 7) is 0. The van der Waals surface area contributed by atoms with Gasteiger partial charge in [0.1, 0.15) is 0 Å². The van der Waals surface area contributed by atoms with Gasteiger partial charge in [0.05, 0.1) is 17.8 Å². The molecule has 0 spiro atoms. The van der Waals surface area contributed by atoms with Crippen LogP contribution < -0.4 is 10.1 Å². The minimum absolute atomic E-state index is 0.104. The standard InChI is InChI=1S/C9H7Cl2NO4/c1-16-7-5(11)2-4(10)3-6(7)12-8(13)9(14)15/h2-3H,1H3,(H,12,13)(H,14,15). The average molecular weight is 264 g/mol. The summed E-state index contributed by atoms with van der Waals surface area (Å²) >= 11 is 11.5. The van der Waals surface area contributed by atoms with Crippen LogP contribution >= 0.6 is 23.2 Å². The van der Waals surface area contributed by atoms with E-state index in [-0.39, 0.29) is 21.5 Å². The van der Waals surface area contributed by atoms with Gasteiger partial charge in [0.25, 0.3) is 0 Å². The zero-order valence-corrected chi connectivity index (χ0v) is 9.59. The summed E-state index contributed by atoms with van der Waals surface area (Å²) in [6, 6.07) is 2.76. The maximum Gasteiger partial charge on any atom is 0.394 e. The van der Waals surface area contributed by atoms with Crippen molar-refractivity contribution in [1.82, 2.24) is 0 Å². The number of carboxylic acids is 1. The van der Waals surface area contributed by atoms with Gasteiger partial charge in [0, 0.05) is 5.02 Å². The second-order valence-corrected chi connectivity index (χ2v) is 3.57. The molecule has 7 heteroatoms. The van der Waals surface area contributed by atoms with Crippen LogP contribution in [-0.4, -0.2) is 24.1 Å². The Kier molecular flexibility index (Phi) is 3.98. The van der Waals surface area contributed by atoms with Gasteiger partial charge in [-0.3, -0.25) is 4.79 Å². The Morgan fingerprint density at radius 3 is 2.50 bits per heavy atom. The Labute approximate surface area is 101 Å². The van der Waals surface area contributed by atoms with E-state index in [1.807, 2.05) is 0 Å². The Bertz CT molecular complexity index is 447. The minimum atomic E-state index is -1.61. The number of methoxy groups -OCH3 is 1. The highest BCUT2D eigenvalue weighted by atomic mass is 35.5. The first-order chi connectivity index (χ1) is 7.45. The van der Waals surface area contributed by atoms with Crippen molar-refractivity contribution in [3.63, 3.8) is 0 Å². The topological polar surface area (TPSA) is 75.6 Å². The van der Waals surface area contributed by atoms with Gasteiger partial charge in [-0.1, -0.05) is 23.2 Å².